The molecule has 3 aromatic rings. The first-order chi connectivity index (χ1) is 17.1. The Morgan fingerprint density at radius 1 is 1.11 bits per heavy atom. The number of benzene rings is 2. The first kappa shape index (κ1) is 27.6. The number of carbonyl (C=O) groups is 1. The van der Waals surface area contributed by atoms with Crippen LogP contribution in [0.5, 0.6) is 5.75 Å². The number of rotatable bonds is 12. The normalized spacial score (nSPS) is 11.9. The van der Waals surface area contributed by atoms with Gasteiger partial charge in [0.1, 0.15) is 18.2 Å². The van der Waals surface area contributed by atoms with Gasteiger partial charge in [-0.2, -0.15) is 4.31 Å². The number of sulfonamides is 1. The van der Waals surface area contributed by atoms with Crippen molar-refractivity contribution in [2.45, 2.75) is 45.1 Å². The van der Waals surface area contributed by atoms with E-state index in [9.17, 15) is 13.2 Å². The van der Waals surface area contributed by atoms with E-state index in [0.29, 0.717) is 23.4 Å². The summed E-state index contributed by atoms with van der Waals surface area (Å²) in [5, 5.41) is 0. The molecule has 0 aliphatic heterocycles. The van der Waals surface area contributed by atoms with Crippen LogP contribution in [0.4, 0.5) is 0 Å². The first-order valence-corrected chi connectivity index (χ1v) is 13.4. The molecule has 1 heterocycles. The summed E-state index contributed by atoms with van der Waals surface area (Å²) in [7, 11) is 1.06. The standard InChI is InChI=1S/C26H36N4O5S/c1-7-8-24-27-22-10-9-20(15-23(22)28-24)16-29(4)25(31)17-35-12-11-30(5)36(32,33)26-18(2)13-21(34-6)14-19(26)3/h9-10,13-15H,7-8,11-12,16-17H2,1-6H3,(H,27,28). The Balaban J connectivity index is 1.51. The number of carbonyl (C=O) groups excluding carboxylic acids is 1. The van der Waals surface area contributed by atoms with Crippen molar-refractivity contribution in [1.82, 2.24) is 19.2 Å². The van der Waals surface area contributed by atoms with Crippen molar-refractivity contribution < 1.29 is 22.7 Å². The van der Waals surface area contributed by atoms with Crippen LogP contribution in [0.25, 0.3) is 11.0 Å². The minimum absolute atomic E-state index is 0.101. The number of fused-ring (bicyclic) bond motifs is 1. The number of nitrogens with zero attached hydrogens (tertiary/aromatic N) is 3. The number of amides is 1. The lowest BCUT2D eigenvalue weighted by atomic mass is 10.1. The average Bonchev–Trinajstić information content (AvgIpc) is 3.22. The molecule has 0 radical (unpaired) electrons. The lowest BCUT2D eigenvalue weighted by Gasteiger charge is -2.21. The number of aromatic amines is 1. The largest absolute Gasteiger partial charge is 0.497 e. The lowest BCUT2D eigenvalue weighted by Crippen LogP contribution is -2.33. The molecular formula is C26H36N4O5S. The Morgan fingerprint density at radius 3 is 2.44 bits per heavy atom. The predicted molar refractivity (Wildman–Crippen MR) is 140 cm³/mol. The van der Waals surface area contributed by atoms with Crippen molar-refractivity contribution in [2.24, 2.45) is 0 Å². The van der Waals surface area contributed by atoms with Gasteiger partial charge >= 0.3 is 0 Å². The molecule has 196 valence electrons. The van der Waals surface area contributed by atoms with E-state index in [1.807, 2.05) is 18.2 Å². The average molecular weight is 517 g/mol. The fraction of sp³-hybridized carbons (Fsp3) is 0.462. The van der Waals surface area contributed by atoms with Gasteiger partial charge in [-0.1, -0.05) is 13.0 Å². The van der Waals surface area contributed by atoms with Gasteiger partial charge in [-0.05, 0) is 61.2 Å². The van der Waals surface area contributed by atoms with Gasteiger partial charge in [-0.3, -0.25) is 4.79 Å². The van der Waals surface area contributed by atoms with Gasteiger partial charge in [0.05, 0.1) is 29.6 Å². The summed E-state index contributed by atoms with van der Waals surface area (Å²) in [4.78, 5) is 22.3. The molecule has 1 N–H and O–H groups in total. The van der Waals surface area contributed by atoms with Gasteiger partial charge in [0.2, 0.25) is 15.9 Å². The van der Waals surface area contributed by atoms with E-state index >= 15 is 0 Å². The Bertz CT molecular complexity index is 1300. The molecule has 0 spiro atoms. The zero-order valence-electron chi connectivity index (χ0n) is 21.9. The SMILES string of the molecule is CCCc1nc2ccc(CN(C)C(=O)COCCN(C)S(=O)(=O)c3c(C)cc(OC)cc3C)cc2[nH]1. The third-order valence-corrected chi connectivity index (χ3v) is 8.20. The number of imidazole rings is 1. The smallest absolute Gasteiger partial charge is 0.248 e. The number of hydrogen-bond acceptors (Lipinski definition) is 6. The molecule has 1 aromatic heterocycles. The fourth-order valence-electron chi connectivity index (χ4n) is 4.10. The van der Waals surface area contributed by atoms with E-state index in [2.05, 4.69) is 16.9 Å². The van der Waals surface area contributed by atoms with E-state index in [1.165, 1.54) is 11.4 Å². The molecule has 3 rings (SSSR count). The van der Waals surface area contributed by atoms with E-state index in [-0.39, 0.29) is 30.6 Å². The number of hydrogen-bond donors (Lipinski definition) is 1. The van der Waals surface area contributed by atoms with Crippen LogP contribution in [0, 0.1) is 13.8 Å². The molecule has 2 aromatic carbocycles. The zero-order chi connectivity index (χ0) is 26.5. The van der Waals surface area contributed by atoms with Crippen molar-refractivity contribution in [3.8, 4) is 5.75 Å². The van der Waals surface area contributed by atoms with Crippen LogP contribution in [-0.4, -0.2) is 74.5 Å². The Morgan fingerprint density at radius 2 is 1.81 bits per heavy atom. The molecular weight excluding hydrogens is 480 g/mol. The number of H-pyrrole nitrogens is 1. The zero-order valence-corrected chi connectivity index (χ0v) is 22.7. The molecule has 0 fully saturated rings. The summed E-state index contributed by atoms with van der Waals surface area (Å²) < 4.78 is 38.2. The molecule has 0 saturated heterocycles. The number of ether oxygens (including phenoxy) is 2. The number of nitrogens with one attached hydrogen (secondary N) is 1. The molecule has 1 amide bonds. The number of methoxy groups -OCH3 is 1. The monoisotopic (exact) mass is 516 g/mol. The molecule has 0 aliphatic carbocycles. The van der Waals surface area contributed by atoms with E-state index in [4.69, 9.17) is 9.47 Å². The Labute approximate surface area is 213 Å². The van der Waals surface area contributed by atoms with Crippen LogP contribution in [-0.2, 0) is 32.5 Å². The maximum absolute atomic E-state index is 13.1. The number of aromatic nitrogens is 2. The van der Waals surface area contributed by atoms with Crippen LogP contribution in [0.15, 0.2) is 35.2 Å². The van der Waals surface area contributed by atoms with Crippen LogP contribution in [0.1, 0.15) is 35.9 Å². The number of likely N-dealkylation sites (N-methyl/N-ethyl adjacent to an activating group) is 2. The van der Waals surface area contributed by atoms with E-state index in [1.54, 1.807) is 45.0 Å². The lowest BCUT2D eigenvalue weighted by molar-refractivity contribution is -0.135. The Kier molecular flexibility index (Phi) is 9.10. The summed E-state index contributed by atoms with van der Waals surface area (Å²) in [5.41, 5.74) is 4.09. The molecule has 0 saturated carbocycles. The highest BCUT2D eigenvalue weighted by Crippen LogP contribution is 2.27. The molecule has 0 unspecified atom stereocenters. The summed E-state index contributed by atoms with van der Waals surface area (Å²) in [6, 6.07) is 9.33. The van der Waals surface area contributed by atoms with Crippen molar-refractivity contribution in [3.63, 3.8) is 0 Å². The van der Waals surface area contributed by atoms with Crippen molar-refractivity contribution in [1.29, 1.82) is 0 Å². The van der Waals surface area contributed by atoms with Gasteiger partial charge in [0, 0.05) is 33.6 Å². The van der Waals surface area contributed by atoms with Gasteiger partial charge < -0.3 is 19.4 Å². The highest BCUT2D eigenvalue weighted by Gasteiger charge is 2.25. The fourth-order valence-corrected chi connectivity index (χ4v) is 5.66. The topological polar surface area (TPSA) is 105 Å². The van der Waals surface area contributed by atoms with Crippen molar-refractivity contribution in [3.05, 3.63) is 52.8 Å². The summed E-state index contributed by atoms with van der Waals surface area (Å²) in [6.07, 6.45) is 1.92. The van der Waals surface area contributed by atoms with Gasteiger partial charge in [0.15, 0.2) is 0 Å². The highest BCUT2D eigenvalue weighted by atomic mass is 32.2. The third kappa shape index (κ3) is 6.43. The molecule has 0 bridgehead atoms. The molecule has 0 aliphatic rings. The van der Waals surface area contributed by atoms with E-state index < -0.39 is 10.0 Å². The first-order valence-electron chi connectivity index (χ1n) is 12.0. The molecule has 10 heteroatoms. The molecule has 9 nitrogen and oxygen atoms in total. The van der Waals surface area contributed by atoms with Crippen LogP contribution in [0.3, 0.4) is 0 Å². The predicted octanol–water partition coefficient (Wildman–Crippen LogP) is 3.44. The maximum atomic E-state index is 13.1. The summed E-state index contributed by atoms with van der Waals surface area (Å²) in [6.45, 7) is 6.14. The van der Waals surface area contributed by atoms with Crippen LogP contribution >= 0.6 is 0 Å². The van der Waals surface area contributed by atoms with Gasteiger partial charge in [0.25, 0.3) is 0 Å². The molecule has 0 atom stereocenters. The quantitative estimate of drug-likeness (QED) is 0.370. The van der Waals surface area contributed by atoms with Gasteiger partial charge in [-0.15, -0.1) is 0 Å². The van der Waals surface area contributed by atoms with Gasteiger partial charge in [-0.25, -0.2) is 13.4 Å². The summed E-state index contributed by atoms with van der Waals surface area (Å²) in [5.74, 6) is 1.40. The van der Waals surface area contributed by atoms with E-state index in [0.717, 1.165) is 35.3 Å². The third-order valence-electron chi connectivity index (χ3n) is 6.04. The highest BCUT2D eigenvalue weighted by molar-refractivity contribution is 7.89. The second-order valence-corrected chi connectivity index (χ2v) is 11.0. The summed E-state index contributed by atoms with van der Waals surface area (Å²) >= 11 is 0. The van der Waals surface area contributed by atoms with Crippen molar-refractivity contribution >= 4 is 27.0 Å². The van der Waals surface area contributed by atoms with Crippen molar-refractivity contribution in [2.75, 3.05) is 41.0 Å². The second kappa shape index (κ2) is 11.9. The van der Waals surface area contributed by atoms with Crippen LogP contribution < -0.4 is 4.74 Å². The van der Waals surface area contributed by atoms with Crippen LogP contribution in [0.2, 0.25) is 0 Å². The minimum Gasteiger partial charge on any atom is -0.497 e. The second-order valence-electron chi connectivity index (χ2n) is 9.00. The Hall–Kier alpha value is -2.95. The minimum atomic E-state index is -3.71. The number of aryl methyl sites for hydroxylation is 3. The maximum Gasteiger partial charge on any atom is 0.248 e. The molecule has 36 heavy (non-hydrogen) atoms.